The Balaban J connectivity index is 3.43. The number of carbonyl (C=O) groups excluding carboxylic acids is 1. The monoisotopic (exact) mass is 338 g/mol. The van der Waals surface area contributed by atoms with Gasteiger partial charge >= 0.3 is 5.97 Å². The zero-order chi connectivity index (χ0) is 15.3. The number of rotatable bonds is 13. The van der Waals surface area contributed by atoms with Gasteiger partial charge in [-0.3, -0.25) is 0 Å². The van der Waals surface area contributed by atoms with Gasteiger partial charge in [0.15, 0.2) is 0 Å². The molecule has 0 aromatic heterocycles. The van der Waals surface area contributed by atoms with Gasteiger partial charge in [-0.1, -0.05) is 71.3 Å². The van der Waals surface area contributed by atoms with Crippen LogP contribution in [0.5, 0.6) is 0 Å². The van der Waals surface area contributed by atoms with E-state index in [0.29, 0.717) is 0 Å². The minimum Gasteiger partial charge on any atom is -0.463 e. The molecule has 0 aliphatic heterocycles. The summed E-state index contributed by atoms with van der Waals surface area (Å²) in [6.45, 7) is 3.16. The summed E-state index contributed by atoms with van der Waals surface area (Å²) in [6, 6.07) is 0.788. The molecule has 0 spiro atoms. The first-order chi connectivity index (χ1) is 9.52. The lowest BCUT2D eigenvalue weighted by atomic mass is 10.1. The van der Waals surface area contributed by atoms with Crippen LogP contribution in [0, 0.1) is 0 Å². The molecule has 118 valence electrons. The summed E-state index contributed by atoms with van der Waals surface area (Å²) in [6.07, 6.45) is 12.8. The molecule has 0 aromatic carbocycles. The van der Waals surface area contributed by atoms with Gasteiger partial charge in [-0.2, -0.15) is 0 Å². The Bertz CT molecular complexity index is 271. The maximum absolute atomic E-state index is 10.9. The lowest BCUT2D eigenvalue weighted by Gasteiger charge is -2.15. The van der Waals surface area contributed by atoms with E-state index in [1.54, 1.807) is 0 Å². The van der Waals surface area contributed by atoms with Crippen molar-refractivity contribution in [3.05, 3.63) is 12.7 Å². The SMILES string of the molecule is C=CC(=O)OC[Si](Cl)(Cl)CCCCCCCCCCC. The van der Waals surface area contributed by atoms with Crippen LogP contribution in [0.25, 0.3) is 0 Å². The van der Waals surface area contributed by atoms with Gasteiger partial charge in [-0.25, -0.2) is 4.79 Å². The maximum Gasteiger partial charge on any atom is 0.329 e. The molecular weight excluding hydrogens is 311 g/mol. The van der Waals surface area contributed by atoms with E-state index in [4.69, 9.17) is 26.9 Å². The molecule has 0 aliphatic carbocycles. The van der Waals surface area contributed by atoms with Gasteiger partial charge in [0.05, 0.1) is 0 Å². The molecule has 0 radical (unpaired) electrons. The fourth-order valence-corrected chi connectivity index (χ4v) is 4.40. The van der Waals surface area contributed by atoms with Crippen molar-refractivity contribution in [2.45, 2.75) is 70.8 Å². The van der Waals surface area contributed by atoms with Crippen LogP contribution in [0.4, 0.5) is 0 Å². The van der Waals surface area contributed by atoms with Crippen LogP contribution >= 0.6 is 22.2 Å². The first kappa shape index (κ1) is 20.0. The molecule has 0 saturated heterocycles. The number of esters is 1. The highest BCUT2D eigenvalue weighted by molar-refractivity contribution is 7.45. The summed E-state index contributed by atoms with van der Waals surface area (Å²) in [4.78, 5) is 10.9. The van der Waals surface area contributed by atoms with E-state index in [2.05, 4.69) is 13.5 Å². The Hall–Kier alpha value is 0.00688. The standard InChI is InChI=1S/C15H28Cl2O2Si/c1-3-5-6-7-8-9-10-11-12-13-20(16,17)14-19-15(18)4-2/h4H,2-3,5-14H2,1H3. The summed E-state index contributed by atoms with van der Waals surface area (Å²) < 4.78 is 4.93. The van der Waals surface area contributed by atoms with Crippen molar-refractivity contribution in [3.63, 3.8) is 0 Å². The number of hydrogen-bond donors (Lipinski definition) is 0. The highest BCUT2D eigenvalue weighted by atomic mass is 35.7. The van der Waals surface area contributed by atoms with Crippen molar-refractivity contribution in [2.75, 3.05) is 6.23 Å². The second-order valence-corrected chi connectivity index (χ2v) is 12.7. The van der Waals surface area contributed by atoms with Gasteiger partial charge in [0, 0.05) is 6.08 Å². The topological polar surface area (TPSA) is 26.3 Å². The van der Waals surface area contributed by atoms with E-state index in [9.17, 15) is 4.79 Å². The second kappa shape index (κ2) is 12.7. The summed E-state index contributed by atoms with van der Waals surface area (Å²) in [5.41, 5.74) is 0. The van der Waals surface area contributed by atoms with E-state index in [-0.39, 0.29) is 6.23 Å². The Morgan fingerprint density at radius 3 is 2.05 bits per heavy atom. The highest BCUT2D eigenvalue weighted by Gasteiger charge is 2.29. The molecule has 0 saturated carbocycles. The lowest BCUT2D eigenvalue weighted by Crippen LogP contribution is -2.28. The predicted octanol–water partition coefficient (Wildman–Crippen LogP) is 5.71. The maximum atomic E-state index is 10.9. The molecule has 2 nitrogen and oxygen atoms in total. The molecule has 5 heteroatoms. The highest BCUT2D eigenvalue weighted by Crippen LogP contribution is 2.24. The minimum absolute atomic E-state index is 0.165. The zero-order valence-corrected chi connectivity index (χ0v) is 15.1. The molecule has 20 heavy (non-hydrogen) atoms. The fraction of sp³-hybridized carbons (Fsp3) is 0.800. The van der Waals surface area contributed by atoms with Crippen molar-refractivity contribution in [1.29, 1.82) is 0 Å². The Kier molecular flexibility index (Phi) is 12.7. The normalized spacial score (nSPS) is 11.3. The van der Waals surface area contributed by atoms with Crippen LogP contribution in [-0.2, 0) is 9.53 Å². The molecule has 0 rings (SSSR count). The third kappa shape index (κ3) is 13.0. The Labute approximate surface area is 134 Å². The number of carbonyl (C=O) groups is 1. The van der Waals surface area contributed by atoms with E-state index in [1.807, 2.05) is 0 Å². The van der Waals surface area contributed by atoms with Gasteiger partial charge in [0.25, 0.3) is 6.69 Å². The van der Waals surface area contributed by atoms with Crippen molar-refractivity contribution < 1.29 is 9.53 Å². The van der Waals surface area contributed by atoms with Crippen LogP contribution in [0.3, 0.4) is 0 Å². The average Bonchev–Trinajstić information content (AvgIpc) is 2.43. The average molecular weight is 339 g/mol. The smallest absolute Gasteiger partial charge is 0.329 e. The summed E-state index contributed by atoms with van der Waals surface area (Å²) in [5, 5.41) is 0. The summed E-state index contributed by atoms with van der Waals surface area (Å²) in [7, 11) is 0. The molecule has 0 fully saturated rings. The number of ether oxygens (including phenoxy) is 1. The van der Waals surface area contributed by atoms with Crippen molar-refractivity contribution >= 4 is 34.8 Å². The molecule has 0 aliphatic rings. The Morgan fingerprint density at radius 2 is 1.55 bits per heavy atom. The first-order valence-electron chi connectivity index (χ1n) is 7.69. The quantitative estimate of drug-likeness (QED) is 0.141. The molecule has 0 amide bonds. The van der Waals surface area contributed by atoms with E-state index >= 15 is 0 Å². The molecule has 0 bridgehead atoms. The fourth-order valence-electron chi connectivity index (χ4n) is 2.00. The minimum atomic E-state index is -2.41. The molecule has 0 unspecified atom stereocenters. The van der Waals surface area contributed by atoms with E-state index in [1.165, 1.54) is 44.9 Å². The van der Waals surface area contributed by atoms with E-state index in [0.717, 1.165) is 25.0 Å². The third-order valence-corrected chi connectivity index (χ3v) is 6.68. The number of hydrogen-bond acceptors (Lipinski definition) is 2. The van der Waals surface area contributed by atoms with Crippen LogP contribution in [0.15, 0.2) is 12.7 Å². The molecular formula is C15H28Cl2O2Si. The van der Waals surface area contributed by atoms with Crippen LogP contribution in [-0.4, -0.2) is 18.9 Å². The Morgan fingerprint density at radius 1 is 1.05 bits per heavy atom. The van der Waals surface area contributed by atoms with Crippen LogP contribution < -0.4 is 0 Å². The number of unbranched alkanes of at least 4 members (excludes halogenated alkanes) is 8. The molecule has 0 atom stereocenters. The van der Waals surface area contributed by atoms with Crippen molar-refractivity contribution in [2.24, 2.45) is 0 Å². The van der Waals surface area contributed by atoms with Gasteiger partial charge in [0.2, 0.25) is 0 Å². The second-order valence-electron chi connectivity index (χ2n) is 5.25. The molecule has 0 N–H and O–H groups in total. The number of halogens is 2. The largest absolute Gasteiger partial charge is 0.463 e. The van der Waals surface area contributed by atoms with E-state index < -0.39 is 12.7 Å². The molecule has 0 aromatic rings. The van der Waals surface area contributed by atoms with Crippen molar-refractivity contribution in [3.8, 4) is 0 Å². The van der Waals surface area contributed by atoms with Crippen molar-refractivity contribution in [1.82, 2.24) is 0 Å². The summed E-state index contributed by atoms with van der Waals surface area (Å²) >= 11 is 12.5. The van der Waals surface area contributed by atoms with Crippen LogP contribution in [0.2, 0.25) is 6.04 Å². The first-order valence-corrected chi connectivity index (χ1v) is 12.1. The lowest BCUT2D eigenvalue weighted by molar-refractivity contribution is -0.135. The zero-order valence-electron chi connectivity index (χ0n) is 12.6. The van der Waals surface area contributed by atoms with Gasteiger partial charge in [-0.15, -0.1) is 22.2 Å². The van der Waals surface area contributed by atoms with Crippen LogP contribution in [0.1, 0.15) is 64.7 Å². The summed E-state index contributed by atoms with van der Waals surface area (Å²) in [5.74, 6) is -0.449. The predicted molar refractivity (Wildman–Crippen MR) is 90.7 cm³/mol. The van der Waals surface area contributed by atoms with Gasteiger partial charge in [-0.05, 0) is 6.04 Å². The van der Waals surface area contributed by atoms with Gasteiger partial charge < -0.3 is 4.74 Å². The molecule has 0 heterocycles. The van der Waals surface area contributed by atoms with Gasteiger partial charge in [0.1, 0.15) is 6.23 Å². The third-order valence-electron chi connectivity index (χ3n) is 3.24.